The number of benzene rings is 1. The Morgan fingerprint density at radius 3 is 2.83 bits per heavy atom. The van der Waals surface area contributed by atoms with Gasteiger partial charge in [0.15, 0.2) is 22.3 Å². The molecule has 10 heteroatoms. The lowest BCUT2D eigenvalue weighted by Gasteiger charge is -2.03. The van der Waals surface area contributed by atoms with E-state index in [9.17, 15) is 4.79 Å². The van der Waals surface area contributed by atoms with Crippen LogP contribution in [0.15, 0.2) is 60.1 Å². The van der Waals surface area contributed by atoms with Gasteiger partial charge < -0.3 is 9.47 Å². The molecule has 1 aliphatic heterocycles. The molecule has 4 aromatic rings. The molecule has 1 amide bonds. The van der Waals surface area contributed by atoms with Crippen LogP contribution in [0.1, 0.15) is 0 Å². The Morgan fingerprint density at radius 2 is 1.93 bits per heavy atom. The second-order valence-electron chi connectivity index (χ2n) is 6.09. The summed E-state index contributed by atoms with van der Waals surface area (Å²) in [5.74, 6) is 1.64. The van der Waals surface area contributed by atoms with Crippen molar-refractivity contribution in [1.82, 2.24) is 24.6 Å². The van der Waals surface area contributed by atoms with Crippen LogP contribution in [0, 0.1) is 0 Å². The molecule has 9 nitrogen and oxygen atoms in total. The Kier molecular flexibility index (Phi) is 4.45. The predicted octanol–water partition coefficient (Wildman–Crippen LogP) is 2.65. The van der Waals surface area contributed by atoms with Crippen LogP contribution in [0.4, 0.5) is 5.95 Å². The van der Waals surface area contributed by atoms with E-state index < -0.39 is 0 Å². The average Bonchev–Trinajstić information content (AvgIpc) is 3.38. The van der Waals surface area contributed by atoms with Gasteiger partial charge in [-0.1, -0.05) is 17.8 Å². The van der Waals surface area contributed by atoms with E-state index in [1.165, 1.54) is 11.8 Å². The second kappa shape index (κ2) is 7.40. The highest BCUT2D eigenvalue weighted by atomic mass is 32.2. The van der Waals surface area contributed by atoms with Gasteiger partial charge in [0.05, 0.1) is 5.75 Å². The maximum Gasteiger partial charge on any atom is 0.249 e. The van der Waals surface area contributed by atoms with Gasteiger partial charge in [-0.3, -0.25) is 10.1 Å². The minimum atomic E-state index is -0.227. The highest BCUT2D eigenvalue weighted by molar-refractivity contribution is 7.99. The van der Waals surface area contributed by atoms with Gasteiger partial charge in [0.25, 0.3) is 0 Å². The summed E-state index contributed by atoms with van der Waals surface area (Å²) in [6, 6.07) is 11.3. The number of pyridine rings is 1. The summed E-state index contributed by atoms with van der Waals surface area (Å²) in [5, 5.41) is 7.58. The molecule has 4 heterocycles. The van der Waals surface area contributed by atoms with Crippen molar-refractivity contribution in [2.75, 3.05) is 17.9 Å². The van der Waals surface area contributed by atoms with Crippen molar-refractivity contribution in [3.05, 3.63) is 55.0 Å². The van der Waals surface area contributed by atoms with E-state index in [0.717, 1.165) is 16.9 Å². The lowest BCUT2D eigenvalue weighted by molar-refractivity contribution is -0.113. The van der Waals surface area contributed by atoms with Crippen molar-refractivity contribution in [1.29, 1.82) is 0 Å². The van der Waals surface area contributed by atoms with Crippen LogP contribution in [0.5, 0.6) is 11.5 Å². The SMILES string of the molecule is O=C(CSc1ncccn1)Nc1nc2ccc(-c3ccc4c(c3)OCO4)cn2n1. The Hall–Kier alpha value is -3.66. The number of rotatable bonds is 5. The zero-order chi connectivity index (χ0) is 19.6. The maximum atomic E-state index is 12.2. The van der Waals surface area contributed by atoms with Gasteiger partial charge >= 0.3 is 0 Å². The van der Waals surface area contributed by atoms with Crippen molar-refractivity contribution in [2.45, 2.75) is 5.16 Å². The number of anilines is 1. The van der Waals surface area contributed by atoms with Crippen LogP contribution in [0.2, 0.25) is 0 Å². The number of aromatic nitrogens is 5. The lowest BCUT2D eigenvalue weighted by atomic mass is 10.1. The van der Waals surface area contributed by atoms with Gasteiger partial charge in [-0.05, 0) is 35.9 Å². The van der Waals surface area contributed by atoms with E-state index in [0.29, 0.717) is 16.6 Å². The monoisotopic (exact) mass is 406 g/mol. The molecule has 0 fully saturated rings. The average molecular weight is 406 g/mol. The van der Waals surface area contributed by atoms with Gasteiger partial charge in [0.1, 0.15) is 0 Å². The summed E-state index contributed by atoms with van der Waals surface area (Å²) in [5.41, 5.74) is 2.54. The van der Waals surface area contributed by atoms with Crippen LogP contribution in [0.3, 0.4) is 0 Å². The number of fused-ring (bicyclic) bond motifs is 2. The van der Waals surface area contributed by atoms with E-state index in [1.807, 2.05) is 36.5 Å². The largest absolute Gasteiger partial charge is 0.454 e. The van der Waals surface area contributed by atoms with Crippen LogP contribution in [0.25, 0.3) is 16.8 Å². The molecule has 0 saturated heterocycles. The first-order chi connectivity index (χ1) is 14.2. The molecule has 144 valence electrons. The standard InChI is InChI=1S/C19H14N6O3S/c26-17(10-29-19-20-6-1-7-21-19)23-18-22-16-5-3-13(9-25(16)24-18)12-2-4-14-15(8-12)28-11-27-14/h1-9H,10-11H2,(H,23,24,26). The van der Waals surface area contributed by atoms with Crippen molar-refractivity contribution < 1.29 is 14.3 Å². The minimum Gasteiger partial charge on any atom is -0.454 e. The third-order valence-electron chi connectivity index (χ3n) is 4.16. The van der Waals surface area contributed by atoms with Crippen molar-refractivity contribution >= 4 is 29.3 Å². The third-order valence-corrected chi connectivity index (χ3v) is 5.04. The Labute approximate surface area is 169 Å². The van der Waals surface area contributed by atoms with Crippen LogP contribution >= 0.6 is 11.8 Å². The molecule has 1 aromatic carbocycles. The molecule has 0 aliphatic carbocycles. The summed E-state index contributed by atoms with van der Waals surface area (Å²) < 4.78 is 12.4. The summed E-state index contributed by atoms with van der Waals surface area (Å²) in [6.07, 6.45) is 5.12. The summed E-state index contributed by atoms with van der Waals surface area (Å²) in [7, 11) is 0. The zero-order valence-corrected chi connectivity index (χ0v) is 15.8. The topological polar surface area (TPSA) is 104 Å². The highest BCUT2D eigenvalue weighted by Gasteiger charge is 2.15. The molecular formula is C19H14N6O3S. The molecule has 0 atom stereocenters. The number of hydrogen-bond donors (Lipinski definition) is 1. The van der Waals surface area contributed by atoms with Gasteiger partial charge in [-0.15, -0.1) is 5.10 Å². The molecular weight excluding hydrogens is 392 g/mol. The van der Waals surface area contributed by atoms with Crippen molar-refractivity contribution in [2.24, 2.45) is 0 Å². The number of nitrogens with zero attached hydrogens (tertiary/aromatic N) is 5. The molecule has 0 bridgehead atoms. The molecule has 0 radical (unpaired) electrons. The highest BCUT2D eigenvalue weighted by Crippen LogP contribution is 2.35. The fourth-order valence-electron chi connectivity index (χ4n) is 2.83. The predicted molar refractivity (Wildman–Crippen MR) is 106 cm³/mol. The van der Waals surface area contributed by atoms with Gasteiger partial charge in [-0.2, -0.15) is 4.98 Å². The molecule has 1 N–H and O–H groups in total. The molecule has 29 heavy (non-hydrogen) atoms. The minimum absolute atomic E-state index is 0.169. The molecule has 3 aromatic heterocycles. The smallest absolute Gasteiger partial charge is 0.249 e. The normalized spacial score (nSPS) is 12.3. The van der Waals surface area contributed by atoms with Crippen molar-refractivity contribution in [3.8, 4) is 22.6 Å². The number of hydrogen-bond acceptors (Lipinski definition) is 8. The first-order valence-electron chi connectivity index (χ1n) is 8.71. The first-order valence-corrected chi connectivity index (χ1v) is 9.69. The number of carbonyl (C=O) groups is 1. The summed E-state index contributed by atoms with van der Waals surface area (Å²) >= 11 is 1.25. The third kappa shape index (κ3) is 3.69. The fourth-order valence-corrected chi connectivity index (χ4v) is 3.44. The van der Waals surface area contributed by atoms with Crippen LogP contribution in [-0.4, -0.2) is 43.0 Å². The quantitative estimate of drug-likeness (QED) is 0.399. The fraction of sp³-hybridized carbons (Fsp3) is 0.105. The van der Waals surface area contributed by atoms with E-state index in [2.05, 4.69) is 25.4 Å². The van der Waals surface area contributed by atoms with Crippen molar-refractivity contribution in [3.63, 3.8) is 0 Å². The molecule has 5 rings (SSSR count). The second-order valence-corrected chi connectivity index (χ2v) is 7.03. The van der Waals surface area contributed by atoms with Crippen LogP contribution < -0.4 is 14.8 Å². The number of nitrogens with one attached hydrogen (secondary N) is 1. The van der Waals surface area contributed by atoms with E-state index in [1.54, 1.807) is 23.0 Å². The van der Waals surface area contributed by atoms with E-state index in [-0.39, 0.29) is 24.4 Å². The Balaban J connectivity index is 1.31. The first kappa shape index (κ1) is 17.4. The summed E-state index contributed by atoms with van der Waals surface area (Å²) in [4.78, 5) is 24.6. The Morgan fingerprint density at radius 1 is 1.10 bits per heavy atom. The zero-order valence-electron chi connectivity index (χ0n) is 15.0. The van der Waals surface area contributed by atoms with Gasteiger partial charge in [0.2, 0.25) is 18.6 Å². The lowest BCUT2D eigenvalue weighted by Crippen LogP contribution is -2.15. The van der Waals surface area contributed by atoms with Crippen LogP contribution in [-0.2, 0) is 4.79 Å². The number of amides is 1. The molecule has 0 saturated carbocycles. The van der Waals surface area contributed by atoms with E-state index in [4.69, 9.17) is 9.47 Å². The van der Waals surface area contributed by atoms with Gasteiger partial charge in [0, 0.05) is 24.2 Å². The van der Waals surface area contributed by atoms with Gasteiger partial charge in [-0.25, -0.2) is 14.5 Å². The number of thioether (sulfide) groups is 1. The number of carbonyl (C=O) groups excluding carboxylic acids is 1. The van der Waals surface area contributed by atoms with E-state index >= 15 is 0 Å². The number of ether oxygens (including phenoxy) is 2. The summed E-state index contributed by atoms with van der Waals surface area (Å²) in [6.45, 7) is 0.235. The molecule has 1 aliphatic rings. The molecule has 0 unspecified atom stereocenters. The maximum absolute atomic E-state index is 12.2. The molecule has 0 spiro atoms. The Bertz CT molecular complexity index is 1200.